The second kappa shape index (κ2) is 27.8. The molecule has 570 valence electrons. The Labute approximate surface area is 710 Å². The van der Waals surface area contributed by atoms with Crippen LogP contribution in [0.4, 0.5) is 0 Å². The molecule has 122 heavy (non-hydrogen) atoms. The molecular formula is C122H82. The standard InChI is InChI=1S/C63H42.C59H40/c1-63(2)59-37-47(45-24-19-39-11-3-5-14-43(39)31-45)27-29-55(59)56-30-28-48(38-60(56)63)51-33-50(46-25-20-40-12-4-6-15-44(40)32-46)34-52(35-51)58-36-49-26-23-42-22-21-41-13-7-8-16-53(41)61(42)62(49)57-18-10-9-17-54(57)58;1-59(2)56-35-44(42-22-19-37-11-3-5-14-40(37)29-42)25-27-52(56)53-28-26-45(36-57(53)59)48-31-47(43-23-20-38-12-4-6-15-41(38)30-43)32-49(33-48)55-34-46-24-21-39-13-7-8-16-50(39)58(46)54-18-10-9-17-51(54)55/h3-38H,1-2H3;3-36H,1-2H3. The van der Waals surface area contributed by atoms with E-state index in [9.17, 15) is 0 Å². The third kappa shape index (κ3) is 11.6. The molecule has 0 nitrogen and oxygen atoms in total. The molecule has 0 fully saturated rings. The van der Waals surface area contributed by atoms with E-state index >= 15 is 0 Å². The summed E-state index contributed by atoms with van der Waals surface area (Å²) >= 11 is 0. The van der Waals surface area contributed by atoms with E-state index in [0.717, 1.165) is 0 Å². The van der Waals surface area contributed by atoms with Crippen LogP contribution in [0.1, 0.15) is 49.9 Å². The zero-order chi connectivity index (χ0) is 81.1. The molecule has 23 aromatic rings. The zero-order valence-corrected chi connectivity index (χ0v) is 68.4. The summed E-state index contributed by atoms with van der Waals surface area (Å²) in [6, 6.07) is 159. The van der Waals surface area contributed by atoms with Gasteiger partial charge in [-0.15, -0.1) is 0 Å². The molecule has 25 rings (SSSR count). The maximum Gasteiger partial charge on any atom is 0.0159 e. The van der Waals surface area contributed by atoms with Crippen molar-refractivity contribution in [1.29, 1.82) is 0 Å². The largest absolute Gasteiger partial charge is 0.0616 e. The molecule has 0 heterocycles. The molecule has 0 saturated carbocycles. The first kappa shape index (κ1) is 71.1. The Morgan fingerprint density at radius 3 is 0.705 bits per heavy atom. The summed E-state index contributed by atoms with van der Waals surface area (Å²) in [6.07, 6.45) is 0. The molecule has 0 bridgehead atoms. The summed E-state index contributed by atoms with van der Waals surface area (Å²) in [7, 11) is 0. The summed E-state index contributed by atoms with van der Waals surface area (Å²) in [5.74, 6) is 0. The van der Waals surface area contributed by atoms with Gasteiger partial charge in [0.1, 0.15) is 0 Å². The fourth-order valence-corrected chi connectivity index (χ4v) is 21.0. The van der Waals surface area contributed by atoms with Crippen LogP contribution in [-0.4, -0.2) is 0 Å². The van der Waals surface area contributed by atoms with Crippen LogP contribution < -0.4 is 0 Å². The van der Waals surface area contributed by atoms with Crippen molar-refractivity contribution >= 4 is 118 Å². The maximum atomic E-state index is 2.48. The molecule has 0 heteroatoms. The van der Waals surface area contributed by atoms with Crippen molar-refractivity contribution in [3.63, 3.8) is 0 Å². The monoisotopic (exact) mass is 1550 g/mol. The van der Waals surface area contributed by atoms with E-state index in [0.29, 0.717) is 0 Å². The molecule has 0 radical (unpaired) electrons. The van der Waals surface area contributed by atoms with Gasteiger partial charge in [-0.2, -0.15) is 0 Å². The molecule has 0 amide bonds. The minimum absolute atomic E-state index is 0.163. The summed E-state index contributed by atoms with van der Waals surface area (Å²) in [5, 5.41) is 28.1. The van der Waals surface area contributed by atoms with Crippen LogP contribution >= 0.6 is 0 Å². The fraction of sp³-hybridized carbons (Fsp3) is 0.0492. The highest BCUT2D eigenvalue weighted by Gasteiger charge is 2.38. The number of rotatable bonds is 8. The first-order valence-corrected chi connectivity index (χ1v) is 42.9. The van der Waals surface area contributed by atoms with E-state index in [4.69, 9.17) is 0 Å². The van der Waals surface area contributed by atoms with E-state index < -0.39 is 0 Å². The minimum atomic E-state index is -0.173. The van der Waals surface area contributed by atoms with Crippen molar-refractivity contribution in [3.05, 3.63) is 447 Å². The predicted molar refractivity (Wildman–Crippen MR) is 524 cm³/mol. The second-order valence-electron chi connectivity index (χ2n) is 35.0. The van der Waals surface area contributed by atoms with E-state index in [1.165, 1.54) is 252 Å². The average molecular weight is 1550 g/mol. The van der Waals surface area contributed by atoms with Crippen LogP contribution in [0, 0.1) is 0 Å². The lowest BCUT2D eigenvalue weighted by atomic mass is 9.80. The van der Waals surface area contributed by atoms with Gasteiger partial charge in [0, 0.05) is 10.8 Å². The third-order valence-corrected chi connectivity index (χ3v) is 27.3. The molecule has 0 spiro atoms. The van der Waals surface area contributed by atoms with Crippen molar-refractivity contribution in [2.24, 2.45) is 0 Å². The lowest BCUT2D eigenvalue weighted by Crippen LogP contribution is -2.15. The van der Waals surface area contributed by atoms with Crippen LogP contribution in [0.5, 0.6) is 0 Å². The molecule has 0 saturated heterocycles. The molecule has 0 unspecified atom stereocenters. The number of hydrogen-bond donors (Lipinski definition) is 0. The van der Waals surface area contributed by atoms with Crippen molar-refractivity contribution in [1.82, 2.24) is 0 Å². The lowest BCUT2D eigenvalue weighted by Gasteiger charge is -2.23. The molecule has 0 aromatic heterocycles. The van der Waals surface area contributed by atoms with E-state index in [1.807, 2.05) is 0 Å². The highest BCUT2D eigenvalue weighted by atomic mass is 14.4. The average Bonchev–Trinajstić information content (AvgIpc) is 1.44. The Kier molecular flexibility index (Phi) is 16.2. The van der Waals surface area contributed by atoms with Crippen LogP contribution in [0.2, 0.25) is 0 Å². The zero-order valence-electron chi connectivity index (χ0n) is 68.4. The molecule has 23 aromatic carbocycles. The quantitative estimate of drug-likeness (QED) is 0.133. The number of fused-ring (bicyclic) bond motifs is 22. The Morgan fingerprint density at radius 1 is 0.123 bits per heavy atom. The maximum absolute atomic E-state index is 2.48. The Hall–Kier alpha value is -15.1. The highest BCUT2D eigenvalue weighted by molar-refractivity contribution is 6.30. The first-order valence-electron chi connectivity index (χ1n) is 42.9. The summed E-state index contributed by atoms with van der Waals surface area (Å²) in [6.45, 7) is 9.59. The molecule has 0 atom stereocenters. The summed E-state index contributed by atoms with van der Waals surface area (Å²) in [4.78, 5) is 0. The van der Waals surface area contributed by atoms with Crippen LogP contribution in [0.25, 0.3) is 230 Å². The molecule has 0 aliphatic heterocycles. The molecule has 0 N–H and O–H groups in total. The Bertz CT molecular complexity index is 8390. The lowest BCUT2D eigenvalue weighted by molar-refractivity contribution is 0.660. The van der Waals surface area contributed by atoms with Gasteiger partial charge in [-0.1, -0.05) is 355 Å². The highest BCUT2D eigenvalue weighted by Crippen LogP contribution is 2.55. The van der Waals surface area contributed by atoms with E-state index in [2.05, 4.69) is 452 Å². The summed E-state index contributed by atoms with van der Waals surface area (Å²) in [5.41, 5.74) is 30.3. The van der Waals surface area contributed by atoms with Gasteiger partial charge >= 0.3 is 0 Å². The minimum Gasteiger partial charge on any atom is -0.0616 e. The van der Waals surface area contributed by atoms with Gasteiger partial charge in [-0.3, -0.25) is 0 Å². The van der Waals surface area contributed by atoms with Gasteiger partial charge in [0.15, 0.2) is 0 Å². The summed E-state index contributed by atoms with van der Waals surface area (Å²) < 4.78 is 0. The number of benzene rings is 23. The smallest absolute Gasteiger partial charge is 0.0159 e. The van der Waals surface area contributed by atoms with Crippen molar-refractivity contribution in [3.8, 4) is 111 Å². The van der Waals surface area contributed by atoms with Crippen LogP contribution in [-0.2, 0) is 10.8 Å². The topological polar surface area (TPSA) is 0 Å². The second-order valence-corrected chi connectivity index (χ2v) is 35.0. The fourth-order valence-electron chi connectivity index (χ4n) is 21.0. The van der Waals surface area contributed by atoms with E-state index in [1.54, 1.807) is 0 Å². The van der Waals surface area contributed by atoms with Crippen LogP contribution in [0.3, 0.4) is 0 Å². The van der Waals surface area contributed by atoms with Crippen molar-refractivity contribution < 1.29 is 0 Å². The normalized spacial score (nSPS) is 13.0. The van der Waals surface area contributed by atoms with Gasteiger partial charge < -0.3 is 0 Å². The van der Waals surface area contributed by atoms with Gasteiger partial charge in [0.05, 0.1) is 0 Å². The van der Waals surface area contributed by atoms with Crippen LogP contribution in [0.15, 0.2) is 425 Å². The van der Waals surface area contributed by atoms with Gasteiger partial charge in [-0.05, 0) is 349 Å². The molecule has 2 aliphatic rings. The molecule has 2 aliphatic carbocycles. The van der Waals surface area contributed by atoms with Crippen molar-refractivity contribution in [2.75, 3.05) is 0 Å². The van der Waals surface area contributed by atoms with Gasteiger partial charge in [0.25, 0.3) is 0 Å². The Balaban J connectivity index is 0.000000138. The van der Waals surface area contributed by atoms with Crippen molar-refractivity contribution in [2.45, 2.75) is 38.5 Å². The number of hydrogen-bond acceptors (Lipinski definition) is 0. The predicted octanol–water partition coefficient (Wildman–Crippen LogP) is 34.0. The van der Waals surface area contributed by atoms with Gasteiger partial charge in [-0.25, -0.2) is 0 Å². The molecular weight excluding hydrogens is 1470 g/mol. The SMILES string of the molecule is CC1(C)c2cc(-c3cc(-c4ccc5ccccc5c4)cc(-c4cc5ccc6ccc7ccccc7c6c5c5ccccc45)c3)ccc2-c2ccc(-c3ccc4ccccc4c3)cc21.CC1(C)c2cc(-c3cc(-c4ccc5ccccc5c4)cc(-c4cc5ccc6ccccc6c5c5ccccc45)c3)ccc2-c2ccc(-c3ccc4ccccc4c3)cc21. The third-order valence-electron chi connectivity index (χ3n) is 27.3. The van der Waals surface area contributed by atoms with Gasteiger partial charge in [0.2, 0.25) is 0 Å². The van der Waals surface area contributed by atoms with E-state index in [-0.39, 0.29) is 10.8 Å². The Morgan fingerprint density at radius 2 is 0.344 bits per heavy atom. The first-order chi connectivity index (χ1) is 59.9.